The topological polar surface area (TPSA) is 50.5 Å². The van der Waals surface area contributed by atoms with Crippen LogP contribution in [0.15, 0.2) is 24.3 Å². The summed E-state index contributed by atoms with van der Waals surface area (Å²) >= 11 is 0. The summed E-state index contributed by atoms with van der Waals surface area (Å²) in [7, 11) is 0. The third-order valence-electron chi connectivity index (χ3n) is 4.72. The second kappa shape index (κ2) is 9.13. The minimum absolute atomic E-state index is 0.374. The average Bonchev–Trinajstić information content (AvgIpc) is 3.00. The highest BCUT2D eigenvalue weighted by molar-refractivity contribution is 5.28. The Morgan fingerprint density at radius 2 is 2.27 bits per heavy atom. The number of benzene rings is 1. The summed E-state index contributed by atoms with van der Waals surface area (Å²) in [5.74, 6) is 0.857. The molecule has 4 heteroatoms. The Bertz CT molecular complexity index is 439. The molecule has 0 spiro atoms. The van der Waals surface area contributed by atoms with Gasteiger partial charge in [-0.05, 0) is 31.0 Å². The van der Waals surface area contributed by atoms with Crippen LogP contribution in [0.4, 0.5) is 0 Å². The Labute approximate surface area is 134 Å². The number of aryl methyl sites for hydroxylation is 1. The van der Waals surface area contributed by atoms with Crippen molar-refractivity contribution in [3.8, 4) is 5.75 Å². The maximum absolute atomic E-state index is 10.1. The molecule has 1 aromatic rings. The summed E-state index contributed by atoms with van der Waals surface area (Å²) in [6.45, 7) is 9.14. The lowest BCUT2D eigenvalue weighted by Crippen LogP contribution is -3.16. The van der Waals surface area contributed by atoms with Gasteiger partial charge < -0.3 is 20.1 Å². The Balaban J connectivity index is 1.64. The number of quaternary nitrogens is 2. The van der Waals surface area contributed by atoms with E-state index in [1.54, 1.807) is 4.90 Å². The Kier molecular flexibility index (Phi) is 7.16. The molecule has 0 radical (unpaired) electrons. The van der Waals surface area contributed by atoms with Crippen LogP contribution in [0.2, 0.25) is 0 Å². The van der Waals surface area contributed by atoms with Crippen LogP contribution in [0, 0.1) is 0 Å². The Morgan fingerprint density at radius 1 is 1.41 bits per heavy atom. The summed E-state index contributed by atoms with van der Waals surface area (Å²) in [4.78, 5) is 1.72. The number of nitrogens with two attached hydrogens (primary N) is 1. The van der Waals surface area contributed by atoms with Crippen molar-refractivity contribution in [1.29, 1.82) is 0 Å². The Hall–Kier alpha value is -1.10. The molecule has 0 amide bonds. The van der Waals surface area contributed by atoms with E-state index in [0.29, 0.717) is 6.61 Å². The average molecular weight is 308 g/mol. The molecule has 3 atom stereocenters. The summed E-state index contributed by atoms with van der Waals surface area (Å²) < 4.78 is 5.70. The number of likely N-dealkylation sites (tertiary alicyclic amines) is 1. The fourth-order valence-corrected chi connectivity index (χ4v) is 3.34. The van der Waals surface area contributed by atoms with E-state index in [4.69, 9.17) is 4.74 Å². The number of hydrogen-bond donors (Lipinski definition) is 3. The summed E-state index contributed by atoms with van der Waals surface area (Å²) in [6.07, 6.45) is 3.28. The van der Waals surface area contributed by atoms with Crippen LogP contribution >= 0.6 is 0 Å². The van der Waals surface area contributed by atoms with Gasteiger partial charge in [0.25, 0.3) is 0 Å². The van der Waals surface area contributed by atoms with Crippen LogP contribution in [0.3, 0.4) is 0 Å². The molecular formula is C18H32N2O2+2. The van der Waals surface area contributed by atoms with Gasteiger partial charge in [0.15, 0.2) is 0 Å². The fraction of sp³-hybridized carbons (Fsp3) is 0.667. The minimum Gasteiger partial charge on any atom is -0.491 e. The zero-order valence-electron chi connectivity index (χ0n) is 14.1. The molecule has 1 aliphatic heterocycles. The van der Waals surface area contributed by atoms with E-state index >= 15 is 0 Å². The first-order valence-electron chi connectivity index (χ1n) is 8.79. The van der Waals surface area contributed by atoms with Crippen LogP contribution in [-0.4, -0.2) is 50.0 Å². The van der Waals surface area contributed by atoms with Gasteiger partial charge in [-0.25, -0.2) is 0 Å². The lowest BCUT2D eigenvalue weighted by atomic mass is 10.2. The standard InChI is InChI=1S/C18H30N2O2/c1-3-15-7-5-9-18(11-15)22-14-17(21)13-19-12-16-8-6-10-20(16)4-2/h5,7,9,11,16-17,19,21H,3-4,6,8,10,12-14H2,1-2H3/p+2/t16-,17+/m0/s1. The molecule has 1 aromatic carbocycles. The highest BCUT2D eigenvalue weighted by atomic mass is 16.5. The van der Waals surface area contributed by atoms with E-state index < -0.39 is 6.10 Å². The van der Waals surface area contributed by atoms with E-state index in [-0.39, 0.29) is 0 Å². The lowest BCUT2D eigenvalue weighted by molar-refractivity contribution is -0.924. The van der Waals surface area contributed by atoms with Crippen molar-refractivity contribution < 1.29 is 20.1 Å². The second-order valence-electron chi connectivity index (χ2n) is 6.33. The van der Waals surface area contributed by atoms with Gasteiger partial charge >= 0.3 is 0 Å². The minimum atomic E-state index is -0.406. The molecule has 1 heterocycles. The Morgan fingerprint density at radius 3 is 3.05 bits per heavy atom. The van der Waals surface area contributed by atoms with Crippen molar-refractivity contribution >= 4 is 0 Å². The van der Waals surface area contributed by atoms with Crippen LogP contribution in [0.25, 0.3) is 0 Å². The maximum Gasteiger partial charge on any atom is 0.137 e. The number of ether oxygens (including phenoxy) is 1. The predicted molar refractivity (Wildman–Crippen MR) is 88.4 cm³/mol. The maximum atomic E-state index is 10.1. The van der Waals surface area contributed by atoms with Crippen LogP contribution in [0.1, 0.15) is 32.3 Å². The molecular weight excluding hydrogens is 276 g/mol. The SMILES string of the molecule is CCc1cccc(OC[C@H](O)C[NH2+]C[C@@H]2CCC[NH+]2CC)c1. The molecule has 0 saturated carbocycles. The number of aliphatic hydroxyl groups excluding tert-OH is 1. The number of nitrogens with one attached hydrogen (secondary N) is 1. The molecule has 22 heavy (non-hydrogen) atoms. The van der Waals surface area contributed by atoms with Crippen molar-refractivity contribution in [3.05, 3.63) is 29.8 Å². The molecule has 2 rings (SSSR count). The van der Waals surface area contributed by atoms with Crippen LogP contribution in [0.5, 0.6) is 5.75 Å². The van der Waals surface area contributed by atoms with E-state index in [2.05, 4.69) is 31.3 Å². The van der Waals surface area contributed by atoms with Crippen molar-refractivity contribution in [2.75, 3.05) is 32.8 Å². The van der Waals surface area contributed by atoms with Gasteiger partial charge in [0.05, 0.1) is 13.1 Å². The zero-order chi connectivity index (χ0) is 15.8. The molecule has 1 aliphatic rings. The highest BCUT2D eigenvalue weighted by Gasteiger charge is 2.28. The van der Waals surface area contributed by atoms with E-state index in [0.717, 1.165) is 31.3 Å². The molecule has 0 aliphatic carbocycles. The normalized spacial score (nSPS) is 22.7. The number of aliphatic hydroxyl groups is 1. The second-order valence-corrected chi connectivity index (χ2v) is 6.33. The number of rotatable bonds is 9. The molecule has 4 N–H and O–H groups in total. The van der Waals surface area contributed by atoms with Crippen molar-refractivity contribution in [2.24, 2.45) is 0 Å². The molecule has 0 bridgehead atoms. The summed E-state index contributed by atoms with van der Waals surface area (Å²) in [6, 6.07) is 8.88. The van der Waals surface area contributed by atoms with Gasteiger partial charge in [-0.3, -0.25) is 0 Å². The number of likely N-dealkylation sites (N-methyl/N-ethyl adjacent to an activating group) is 1. The van der Waals surface area contributed by atoms with Crippen molar-refractivity contribution in [1.82, 2.24) is 0 Å². The van der Waals surface area contributed by atoms with Gasteiger partial charge in [-0.15, -0.1) is 0 Å². The van der Waals surface area contributed by atoms with Gasteiger partial charge in [0, 0.05) is 12.8 Å². The third-order valence-corrected chi connectivity index (χ3v) is 4.72. The summed E-state index contributed by atoms with van der Waals surface area (Å²) in [5, 5.41) is 12.3. The first-order valence-corrected chi connectivity index (χ1v) is 8.79. The molecule has 124 valence electrons. The largest absolute Gasteiger partial charge is 0.491 e. The molecule has 0 aromatic heterocycles. The van der Waals surface area contributed by atoms with Gasteiger partial charge in [0.1, 0.15) is 37.6 Å². The third kappa shape index (κ3) is 5.27. The smallest absolute Gasteiger partial charge is 0.137 e. The monoisotopic (exact) mass is 308 g/mol. The van der Waals surface area contributed by atoms with Gasteiger partial charge in [0.2, 0.25) is 0 Å². The zero-order valence-corrected chi connectivity index (χ0v) is 14.1. The quantitative estimate of drug-likeness (QED) is 0.582. The number of hydrogen-bond acceptors (Lipinski definition) is 2. The molecule has 1 fully saturated rings. The predicted octanol–water partition coefficient (Wildman–Crippen LogP) is -0.381. The first kappa shape index (κ1) is 17.3. The highest BCUT2D eigenvalue weighted by Crippen LogP contribution is 2.13. The lowest BCUT2D eigenvalue weighted by Gasteiger charge is -2.19. The van der Waals surface area contributed by atoms with E-state index in [1.165, 1.54) is 31.5 Å². The van der Waals surface area contributed by atoms with Crippen LogP contribution in [-0.2, 0) is 6.42 Å². The molecule has 1 unspecified atom stereocenters. The first-order chi connectivity index (χ1) is 10.7. The van der Waals surface area contributed by atoms with E-state index in [1.807, 2.05) is 12.1 Å². The fourth-order valence-electron chi connectivity index (χ4n) is 3.34. The van der Waals surface area contributed by atoms with Crippen LogP contribution < -0.4 is 15.0 Å². The van der Waals surface area contributed by atoms with Crippen molar-refractivity contribution in [2.45, 2.75) is 45.3 Å². The molecule has 1 saturated heterocycles. The van der Waals surface area contributed by atoms with Gasteiger partial charge in [-0.2, -0.15) is 0 Å². The molecule has 4 nitrogen and oxygen atoms in total. The van der Waals surface area contributed by atoms with Gasteiger partial charge in [-0.1, -0.05) is 19.1 Å². The van der Waals surface area contributed by atoms with Crippen molar-refractivity contribution in [3.63, 3.8) is 0 Å². The van der Waals surface area contributed by atoms with E-state index in [9.17, 15) is 5.11 Å². The summed E-state index contributed by atoms with van der Waals surface area (Å²) in [5.41, 5.74) is 1.27.